The lowest BCUT2D eigenvalue weighted by molar-refractivity contribution is 0.402. The molecule has 4 rings (SSSR count). The predicted octanol–water partition coefficient (Wildman–Crippen LogP) is 5.66. The molecule has 0 spiro atoms. The first-order chi connectivity index (χ1) is 14.7. The fraction of sp³-hybridized carbons (Fsp3) is 0.0769. The fourth-order valence-electron chi connectivity index (χ4n) is 3.90. The average Bonchev–Trinajstić information content (AvgIpc) is 2.82. The van der Waals surface area contributed by atoms with E-state index in [2.05, 4.69) is 107 Å². The Kier molecular flexibility index (Phi) is 6.22. The molecule has 0 fully saturated rings. The molecule has 0 atom stereocenters. The van der Waals surface area contributed by atoms with E-state index in [-0.39, 0.29) is 5.75 Å². The first-order valence-corrected chi connectivity index (χ1v) is 12.5. The van der Waals surface area contributed by atoms with Gasteiger partial charge in [0.25, 0.3) is 0 Å². The molecule has 30 heavy (non-hydrogen) atoms. The number of methoxy groups -OCH3 is 1. The van der Waals surface area contributed by atoms with Crippen LogP contribution < -0.4 is 20.7 Å². The van der Waals surface area contributed by atoms with Crippen LogP contribution in [0.5, 0.6) is 11.5 Å². The fourth-order valence-corrected chi connectivity index (χ4v) is 8.70. The molecule has 0 amide bonds. The van der Waals surface area contributed by atoms with Crippen molar-refractivity contribution in [2.24, 2.45) is 0 Å². The van der Waals surface area contributed by atoms with Crippen molar-refractivity contribution in [2.45, 2.75) is 6.16 Å². The normalized spacial score (nSPS) is 11.3. The second kappa shape index (κ2) is 9.04. The average molecular weight is 478 g/mol. The molecular weight excluding hydrogens is 455 g/mol. The SMILES string of the molecule is COc1ccc(C[P+](c2ccccc2)(c2ccccc2)c2ccccc2)c(O)c1Br. The van der Waals surface area contributed by atoms with Crippen LogP contribution in [0.3, 0.4) is 0 Å². The van der Waals surface area contributed by atoms with Gasteiger partial charge in [-0.15, -0.1) is 0 Å². The van der Waals surface area contributed by atoms with Gasteiger partial charge < -0.3 is 9.84 Å². The second-order valence-corrected chi connectivity index (χ2v) is 11.3. The number of benzene rings is 4. The third-order valence-corrected chi connectivity index (χ3v) is 10.5. The molecular formula is C26H23BrO2P+. The molecule has 4 aromatic rings. The van der Waals surface area contributed by atoms with Crippen molar-refractivity contribution in [3.63, 3.8) is 0 Å². The molecule has 0 heterocycles. The number of hydrogen-bond donors (Lipinski definition) is 1. The smallest absolute Gasteiger partial charge is 0.140 e. The summed E-state index contributed by atoms with van der Waals surface area (Å²) in [5.74, 6) is 0.862. The molecule has 0 aliphatic heterocycles. The highest BCUT2D eigenvalue weighted by molar-refractivity contribution is 9.10. The first kappa shape index (κ1) is 20.7. The van der Waals surface area contributed by atoms with Gasteiger partial charge >= 0.3 is 0 Å². The Morgan fingerprint density at radius 2 is 1.13 bits per heavy atom. The third-order valence-electron chi connectivity index (χ3n) is 5.38. The summed E-state index contributed by atoms with van der Waals surface area (Å²) in [5, 5.41) is 14.9. The van der Waals surface area contributed by atoms with Gasteiger partial charge in [0.15, 0.2) is 0 Å². The van der Waals surface area contributed by atoms with Crippen molar-refractivity contribution in [3.8, 4) is 11.5 Å². The molecule has 150 valence electrons. The van der Waals surface area contributed by atoms with E-state index in [0.29, 0.717) is 16.4 Å². The number of rotatable bonds is 6. The summed E-state index contributed by atoms with van der Waals surface area (Å²) in [6.45, 7) is 0. The number of halogens is 1. The van der Waals surface area contributed by atoms with Gasteiger partial charge in [-0.3, -0.25) is 0 Å². The molecule has 4 aromatic carbocycles. The zero-order valence-electron chi connectivity index (χ0n) is 16.7. The monoisotopic (exact) mass is 477 g/mol. The quantitative estimate of drug-likeness (QED) is 0.363. The van der Waals surface area contributed by atoms with Crippen LogP contribution in [0, 0.1) is 0 Å². The highest BCUT2D eigenvalue weighted by atomic mass is 79.9. The zero-order chi connectivity index (χ0) is 21.0. The Hall–Kier alpha value is -2.61. The summed E-state index contributed by atoms with van der Waals surface area (Å²) < 4.78 is 5.96. The van der Waals surface area contributed by atoms with Crippen molar-refractivity contribution >= 4 is 39.1 Å². The summed E-state index contributed by atoms with van der Waals surface area (Å²) in [7, 11) is -0.462. The molecule has 0 aliphatic rings. The minimum atomic E-state index is -2.07. The van der Waals surface area contributed by atoms with Crippen molar-refractivity contribution in [2.75, 3.05) is 7.11 Å². The third kappa shape index (κ3) is 3.76. The Morgan fingerprint density at radius 1 is 0.700 bits per heavy atom. The van der Waals surface area contributed by atoms with Gasteiger partial charge in [-0.25, -0.2) is 0 Å². The zero-order valence-corrected chi connectivity index (χ0v) is 19.2. The van der Waals surface area contributed by atoms with Crippen molar-refractivity contribution in [1.29, 1.82) is 0 Å². The molecule has 0 saturated heterocycles. The maximum atomic E-state index is 11.0. The second-order valence-electron chi connectivity index (χ2n) is 7.06. The molecule has 2 nitrogen and oxygen atoms in total. The molecule has 1 N–H and O–H groups in total. The van der Waals surface area contributed by atoms with Gasteiger partial charge in [0.2, 0.25) is 0 Å². The van der Waals surface area contributed by atoms with Crippen LogP contribution in [-0.4, -0.2) is 12.2 Å². The van der Waals surface area contributed by atoms with Gasteiger partial charge in [-0.2, -0.15) is 0 Å². The summed E-state index contributed by atoms with van der Waals surface area (Å²) in [4.78, 5) is 0. The van der Waals surface area contributed by atoms with Gasteiger partial charge in [0, 0.05) is 5.56 Å². The number of ether oxygens (including phenoxy) is 1. The molecule has 0 radical (unpaired) electrons. The van der Waals surface area contributed by atoms with Crippen molar-refractivity contribution in [1.82, 2.24) is 0 Å². The van der Waals surface area contributed by atoms with Crippen molar-refractivity contribution < 1.29 is 9.84 Å². The minimum Gasteiger partial charge on any atom is -0.506 e. The molecule has 0 bridgehead atoms. The maximum absolute atomic E-state index is 11.0. The summed E-state index contributed by atoms with van der Waals surface area (Å²) >= 11 is 3.50. The number of phenols is 1. The number of phenolic OH excluding ortho intramolecular Hbond substituents is 1. The van der Waals surface area contributed by atoms with E-state index in [0.717, 1.165) is 5.56 Å². The molecule has 0 unspecified atom stereocenters. The molecule has 0 aliphatic carbocycles. The standard InChI is InChI=1S/C26H22BrO2P/c1-29-24-18-17-20(26(28)25(24)27)19-30(21-11-5-2-6-12-21,22-13-7-3-8-14-22)23-15-9-4-10-16-23/h2-18H,19H2,1H3/p+1. The van der Waals surface area contributed by atoms with E-state index in [9.17, 15) is 5.11 Å². The van der Waals surface area contributed by atoms with E-state index in [1.54, 1.807) is 7.11 Å². The van der Waals surface area contributed by atoms with Crippen molar-refractivity contribution in [3.05, 3.63) is 113 Å². The van der Waals surface area contributed by atoms with Crippen LogP contribution >= 0.6 is 23.2 Å². The number of hydrogen-bond acceptors (Lipinski definition) is 2. The van der Waals surface area contributed by atoms with E-state index in [4.69, 9.17) is 4.74 Å². The van der Waals surface area contributed by atoms with Crippen LogP contribution in [0.2, 0.25) is 0 Å². The maximum Gasteiger partial charge on any atom is 0.140 e. The van der Waals surface area contributed by atoms with E-state index in [1.165, 1.54) is 15.9 Å². The summed E-state index contributed by atoms with van der Waals surface area (Å²) in [6, 6.07) is 35.9. The van der Waals surface area contributed by atoms with E-state index < -0.39 is 7.26 Å². The Morgan fingerprint density at radius 3 is 1.53 bits per heavy atom. The van der Waals surface area contributed by atoms with Crippen LogP contribution in [-0.2, 0) is 6.16 Å². The highest BCUT2D eigenvalue weighted by Crippen LogP contribution is 2.59. The molecule has 4 heteroatoms. The predicted molar refractivity (Wildman–Crippen MR) is 131 cm³/mol. The molecule has 0 aromatic heterocycles. The lowest BCUT2D eigenvalue weighted by atomic mass is 10.2. The number of aromatic hydroxyl groups is 1. The highest BCUT2D eigenvalue weighted by Gasteiger charge is 2.46. The Balaban J connectivity index is 2.00. The van der Waals surface area contributed by atoms with Crippen LogP contribution in [0.15, 0.2) is 108 Å². The lowest BCUT2D eigenvalue weighted by Crippen LogP contribution is -2.32. The topological polar surface area (TPSA) is 29.5 Å². The Labute approximate surface area is 186 Å². The minimum absolute atomic E-state index is 0.238. The largest absolute Gasteiger partial charge is 0.506 e. The van der Waals surface area contributed by atoms with Crippen LogP contribution in [0.4, 0.5) is 0 Å². The van der Waals surface area contributed by atoms with E-state index >= 15 is 0 Å². The Bertz CT molecular complexity index is 1020. The summed E-state index contributed by atoms with van der Waals surface area (Å²) in [5.41, 5.74) is 0.896. The van der Waals surface area contributed by atoms with Crippen LogP contribution in [0.25, 0.3) is 0 Å². The van der Waals surface area contributed by atoms with Gasteiger partial charge in [0.1, 0.15) is 45.3 Å². The van der Waals surface area contributed by atoms with Gasteiger partial charge in [-0.05, 0) is 64.5 Å². The lowest BCUT2D eigenvalue weighted by Gasteiger charge is -2.28. The van der Waals surface area contributed by atoms with E-state index in [1.807, 2.05) is 12.1 Å². The van der Waals surface area contributed by atoms with Gasteiger partial charge in [-0.1, -0.05) is 54.6 Å². The summed E-state index contributed by atoms with van der Waals surface area (Å²) in [6.07, 6.45) is 0.708. The first-order valence-electron chi connectivity index (χ1n) is 9.76. The molecule has 0 saturated carbocycles. The van der Waals surface area contributed by atoms with Gasteiger partial charge in [0.05, 0.1) is 7.11 Å². The van der Waals surface area contributed by atoms with Crippen LogP contribution in [0.1, 0.15) is 5.56 Å².